The van der Waals surface area contributed by atoms with Gasteiger partial charge in [0, 0.05) is 6.54 Å². The topological polar surface area (TPSA) is 84.1 Å². The fraction of sp³-hybridized carbons (Fsp3) is 0.667. The maximum Gasteiger partial charge on any atom is 0.224 e. The number of hydrogen-bond donors (Lipinski definition) is 3. The Labute approximate surface area is 112 Å². The van der Waals surface area contributed by atoms with Crippen LogP contribution in [0.3, 0.4) is 0 Å². The average Bonchev–Trinajstić information content (AvgIpc) is 2.30. The van der Waals surface area contributed by atoms with Crippen LogP contribution in [0.1, 0.15) is 32.6 Å². The molecule has 1 aliphatic carbocycles. The van der Waals surface area contributed by atoms with Gasteiger partial charge in [0.2, 0.25) is 5.28 Å². The SMILES string of the molecule is CC1CCCC(O)(CNc2nc(Cl)ncc2N)C1. The molecule has 18 heavy (non-hydrogen) atoms. The van der Waals surface area contributed by atoms with E-state index in [1.807, 2.05) is 0 Å². The van der Waals surface area contributed by atoms with Crippen LogP contribution >= 0.6 is 11.6 Å². The molecule has 2 atom stereocenters. The lowest BCUT2D eigenvalue weighted by atomic mass is 9.79. The molecule has 2 unspecified atom stereocenters. The molecule has 2 rings (SSSR count). The van der Waals surface area contributed by atoms with Gasteiger partial charge in [0.1, 0.15) is 0 Å². The summed E-state index contributed by atoms with van der Waals surface area (Å²) in [5.74, 6) is 1.04. The Balaban J connectivity index is 2.00. The van der Waals surface area contributed by atoms with Crippen LogP contribution in [0.2, 0.25) is 5.28 Å². The molecule has 4 N–H and O–H groups in total. The monoisotopic (exact) mass is 270 g/mol. The molecular weight excluding hydrogens is 252 g/mol. The highest BCUT2D eigenvalue weighted by Crippen LogP contribution is 2.32. The van der Waals surface area contributed by atoms with Crippen LogP contribution in [0.25, 0.3) is 0 Å². The zero-order chi connectivity index (χ0) is 13.2. The number of rotatable bonds is 3. The molecule has 0 saturated heterocycles. The molecule has 1 fully saturated rings. The fourth-order valence-electron chi connectivity index (χ4n) is 2.55. The molecule has 6 heteroatoms. The van der Waals surface area contributed by atoms with E-state index in [1.165, 1.54) is 12.6 Å². The number of anilines is 2. The van der Waals surface area contributed by atoms with Crippen LogP contribution in [-0.2, 0) is 0 Å². The minimum Gasteiger partial charge on any atom is -0.394 e. The minimum absolute atomic E-state index is 0.149. The average molecular weight is 271 g/mol. The fourth-order valence-corrected chi connectivity index (χ4v) is 2.69. The Morgan fingerprint density at radius 2 is 2.44 bits per heavy atom. The second-order valence-electron chi connectivity index (χ2n) is 5.22. The van der Waals surface area contributed by atoms with Gasteiger partial charge in [-0.15, -0.1) is 0 Å². The lowest BCUT2D eigenvalue weighted by Crippen LogP contribution is -2.41. The van der Waals surface area contributed by atoms with E-state index in [9.17, 15) is 5.11 Å². The van der Waals surface area contributed by atoms with Gasteiger partial charge < -0.3 is 16.2 Å². The zero-order valence-electron chi connectivity index (χ0n) is 10.5. The Kier molecular flexibility index (Phi) is 3.92. The van der Waals surface area contributed by atoms with E-state index in [-0.39, 0.29) is 5.28 Å². The van der Waals surface area contributed by atoms with Gasteiger partial charge in [0.15, 0.2) is 5.82 Å². The predicted octanol–water partition coefficient (Wildman–Crippen LogP) is 2.07. The van der Waals surface area contributed by atoms with Crippen molar-refractivity contribution in [2.45, 2.75) is 38.2 Å². The van der Waals surface area contributed by atoms with E-state index >= 15 is 0 Å². The van der Waals surface area contributed by atoms with Crippen LogP contribution in [0.15, 0.2) is 6.20 Å². The predicted molar refractivity (Wildman–Crippen MR) is 72.5 cm³/mol. The van der Waals surface area contributed by atoms with Crippen molar-refractivity contribution in [1.29, 1.82) is 0 Å². The van der Waals surface area contributed by atoms with Crippen molar-refractivity contribution in [3.05, 3.63) is 11.5 Å². The minimum atomic E-state index is -0.679. The van der Waals surface area contributed by atoms with E-state index in [0.717, 1.165) is 19.3 Å². The van der Waals surface area contributed by atoms with E-state index in [2.05, 4.69) is 22.2 Å². The summed E-state index contributed by atoms with van der Waals surface area (Å²) in [6.45, 7) is 2.61. The number of aliphatic hydroxyl groups is 1. The quantitative estimate of drug-likeness (QED) is 0.732. The largest absolute Gasteiger partial charge is 0.394 e. The standard InChI is InChI=1S/C12H19ClN4O/c1-8-3-2-4-12(18,5-8)7-16-10-9(14)6-15-11(13)17-10/h6,8,18H,2-5,7,14H2,1H3,(H,15,16,17). The number of nitrogens with one attached hydrogen (secondary N) is 1. The molecule has 1 saturated carbocycles. The van der Waals surface area contributed by atoms with Crippen molar-refractivity contribution in [1.82, 2.24) is 9.97 Å². The molecule has 0 aromatic carbocycles. The van der Waals surface area contributed by atoms with Gasteiger partial charge in [-0.05, 0) is 30.4 Å². The summed E-state index contributed by atoms with van der Waals surface area (Å²) in [6.07, 6.45) is 5.32. The van der Waals surface area contributed by atoms with E-state index in [4.69, 9.17) is 17.3 Å². The molecule has 1 aromatic rings. The molecule has 0 radical (unpaired) electrons. The smallest absolute Gasteiger partial charge is 0.224 e. The van der Waals surface area contributed by atoms with Crippen molar-refractivity contribution < 1.29 is 5.11 Å². The number of nitrogens with zero attached hydrogens (tertiary/aromatic N) is 2. The second kappa shape index (κ2) is 5.28. The van der Waals surface area contributed by atoms with E-state index in [1.54, 1.807) is 0 Å². The maximum atomic E-state index is 10.5. The zero-order valence-corrected chi connectivity index (χ0v) is 11.2. The first kappa shape index (κ1) is 13.4. The van der Waals surface area contributed by atoms with Crippen LogP contribution in [0.4, 0.5) is 11.5 Å². The molecule has 0 amide bonds. The molecule has 1 heterocycles. The number of nitrogens with two attached hydrogens (primary N) is 1. The lowest BCUT2D eigenvalue weighted by molar-refractivity contribution is -0.000813. The number of nitrogen functional groups attached to an aromatic ring is 1. The number of aromatic nitrogens is 2. The summed E-state index contributed by atoms with van der Waals surface area (Å²) < 4.78 is 0. The van der Waals surface area contributed by atoms with Gasteiger partial charge in [-0.1, -0.05) is 19.8 Å². The van der Waals surface area contributed by atoms with Gasteiger partial charge >= 0.3 is 0 Å². The Morgan fingerprint density at radius 1 is 1.67 bits per heavy atom. The molecular formula is C12H19ClN4O. The maximum absolute atomic E-state index is 10.5. The highest BCUT2D eigenvalue weighted by molar-refractivity contribution is 6.28. The first-order valence-electron chi connectivity index (χ1n) is 6.23. The van der Waals surface area contributed by atoms with E-state index < -0.39 is 5.60 Å². The van der Waals surface area contributed by atoms with Gasteiger partial charge in [-0.25, -0.2) is 4.98 Å². The van der Waals surface area contributed by atoms with Crippen LogP contribution in [0, 0.1) is 5.92 Å². The Morgan fingerprint density at radius 3 is 3.17 bits per heavy atom. The summed E-state index contributed by atoms with van der Waals surface area (Å²) in [5, 5.41) is 13.7. The number of halogens is 1. The third kappa shape index (κ3) is 3.23. The lowest BCUT2D eigenvalue weighted by Gasteiger charge is -2.35. The molecule has 1 aromatic heterocycles. The van der Waals surface area contributed by atoms with Crippen molar-refractivity contribution in [2.24, 2.45) is 5.92 Å². The molecule has 1 aliphatic rings. The van der Waals surface area contributed by atoms with Crippen molar-refractivity contribution in [3.8, 4) is 0 Å². The summed E-state index contributed by atoms with van der Waals surface area (Å²) >= 11 is 5.72. The molecule has 0 spiro atoms. The van der Waals surface area contributed by atoms with Gasteiger partial charge in [0.05, 0.1) is 17.5 Å². The molecule has 0 aliphatic heterocycles. The first-order chi connectivity index (χ1) is 8.48. The number of hydrogen-bond acceptors (Lipinski definition) is 5. The first-order valence-corrected chi connectivity index (χ1v) is 6.60. The highest BCUT2D eigenvalue weighted by Gasteiger charge is 2.32. The summed E-state index contributed by atoms with van der Waals surface area (Å²) in [5.41, 5.74) is 5.51. The molecule has 5 nitrogen and oxygen atoms in total. The van der Waals surface area contributed by atoms with Crippen LogP contribution < -0.4 is 11.1 Å². The third-order valence-corrected chi connectivity index (χ3v) is 3.62. The Hall–Kier alpha value is -1.07. The second-order valence-corrected chi connectivity index (χ2v) is 5.56. The molecule has 0 bridgehead atoms. The van der Waals surface area contributed by atoms with Crippen molar-refractivity contribution in [2.75, 3.05) is 17.6 Å². The highest BCUT2D eigenvalue weighted by atomic mass is 35.5. The van der Waals surface area contributed by atoms with Crippen molar-refractivity contribution in [3.63, 3.8) is 0 Å². The van der Waals surface area contributed by atoms with E-state index in [0.29, 0.717) is 24.0 Å². The van der Waals surface area contributed by atoms with Crippen LogP contribution in [-0.4, -0.2) is 27.2 Å². The molecule has 100 valence electrons. The van der Waals surface area contributed by atoms with Gasteiger partial charge in [-0.3, -0.25) is 0 Å². The van der Waals surface area contributed by atoms with Gasteiger partial charge in [-0.2, -0.15) is 4.98 Å². The summed E-state index contributed by atoms with van der Waals surface area (Å²) in [7, 11) is 0. The van der Waals surface area contributed by atoms with Crippen molar-refractivity contribution >= 4 is 23.1 Å². The van der Waals surface area contributed by atoms with Gasteiger partial charge in [0.25, 0.3) is 0 Å². The summed E-state index contributed by atoms with van der Waals surface area (Å²) in [4.78, 5) is 7.80. The third-order valence-electron chi connectivity index (χ3n) is 3.44. The Bertz CT molecular complexity index is 429. The summed E-state index contributed by atoms with van der Waals surface area (Å²) in [6, 6.07) is 0. The normalized spacial score (nSPS) is 28.1. The van der Waals surface area contributed by atoms with Crippen LogP contribution in [0.5, 0.6) is 0 Å².